The van der Waals surface area contributed by atoms with Gasteiger partial charge in [-0.2, -0.15) is 0 Å². The maximum atomic E-state index is 13.0. The molecule has 0 radical (unpaired) electrons. The van der Waals surface area contributed by atoms with Gasteiger partial charge in [0.25, 0.3) is 0 Å². The highest BCUT2D eigenvalue weighted by atomic mass is 35.5. The van der Waals surface area contributed by atoms with Gasteiger partial charge in [-0.25, -0.2) is 0 Å². The highest BCUT2D eigenvalue weighted by Gasteiger charge is 2.45. The molecule has 0 amide bonds. The normalized spacial score (nSPS) is 11.3. The molecule has 0 bridgehead atoms. The van der Waals surface area contributed by atoms with E-state index < -0.39 is 29.1 Å². The van der Waals surface area contributed by atoms with Crippen LogP contribution in [-0.4, -0.2) is 30.9 Å². The van der Waals surface area contributed by atoms with Crippen LogP contribution in [-0.2, 0) is 29.3 Å². The van der Waals surface area contributed by atoms with E-state index >= 15 is 0 Å². The number of rotatable bonds is 7. The molecule has 5 nitrogen and oxygen atoms in total. The van der Waals surface area contributed by atoms with Crippen molar-refractivity contribution in [1.82, 2.24) is 0 Å². The summed E-state index contributed by atoms with van der Waals surface area (Å²) in [6.45, 7) is 6.39. The average molecular weight is 375 g/mol. The number of ketones is 1. The van der Waals surface area contributed by atoms with Crippen molar-refractivity contribution in [3.8, 4) is 0 Å². The summed E-state index contributed by atoms with van der Waals surface area (Å²) >= 11 is 12.2. The van der Waals surface area contributed by atoms with E-state index in [0.29, 0.717) is 5.56 Å². The first-order chi connectivity index (χ1) is 11.2. The van der Waals surface area contributed by atoms with Crippen LogP contribution >= 0.6 is 23.2 Å². The third kappa shape index (κ3) is 4.28. The van der Waals surface area contributed by atoms with Crippen LogP contribution in [0.3, 0.4) is 0 Å². The van der Waals surface area contributed by atoms with Crippen LogP contribution in [0, 0.1) is 5.92 Å². The summed E-state index contributed by atoms with van der Waals surface area (Å²) in [4.78, 5) is 37.2. The molecular formula is C17H20Cl2O5. The molecule has 0 spiro atoms. The fourth-order valence-electron chi connectivity index (χ4n) is 2.24. The monoisotopic (exact) mass is 374 g/mol. The molecule has 1 rings (SSSR count). The van der Waals surface area contributed by atoms with Crippen LogP contribution in [0.15, 0.2) is 18.2 Å². The van der Waals surface area contributed by atoms with Gasteiger partial charge in [0.2, 0.25) is 5.92 Å². The Morgan fingerprint density at radius 3 is 2.00 bits per heavy atom. The zero-order valence-electron chi connectivity index (χ0n) is 14.0. The maximum absolute atomic E-state index is 13.0. The van der Waals surface area contributed by atoms with Crippen molar-refractivity contribution in [1.29, 1.82) is 0 Å². The molecule has 0 saturated carbocycles. The molecular weight excluding hydrogens is 355 g/mol. The lowest BCUT2D eigenvalue weighted by Crippen LogP contribution is -2.44. The molecule has 0 aliphatic carbocycles. The van der Waals surface area contributed by atoms with Crippen molar-refractivity contribution in [2.75, 3.05) is 13.2 Å². The van der Waals surface area contributed by atoms with Gasteiger partial charge in [-0.15, -0.1) is 0 Å². The second-order valence-corrected chi connectivity index (χ2v) is 6.31. The Morgan fingerprint density at radius 1 is 1.04 bits per heavy atom. The van der Waals surface area contributed by atoms with E-state index in [9.17, 15) is 14.4 Å². The minimum atomic E-state index is -1.67. The van der Waals surface area contributed by atoms with Crippen molar-refractivity contribution >= 4 is 40.9 Å². The summed E-state index contributed by atoms with van der Waals surface area (Å²) in [6, 6.07) is 4.85. The predicted octanol–water partition coefficient (Wildman–Crippen LogP) is 3.58. The van der Waals surface area contributed by atoms with Gasteiger partial charge in [-0.05, 0) is 39.3 Å². The molecule has 24 heavy (non-hydrogen) atoms. The lowest BCUT2D eigenvalue weighted by atomic mass is 9.75. The van der Waals surface area contributed by atoms with Crippen molar-refractivity contribution in [3.05, 3.63) is 33.8 Å². The topological polar surface area (TPSA) is 69.7 Å². The highest BCUT2D eigenvalue weighted by molar-refractivity contribution is 6.42. The molecule has 0 fully saturated rings. The van der Waals surface area contributed by atoms with E-state index in [1.165, 1.54) is 0 Å². The van der Waals surface area contributed by atoms with Gasteiger partial charge in [-0.3, -0.25) is 14.4 Å². The lowest BCUT2D eigenvalue weighted by molar-refractivity contribution is -0.165. The van der Waals surface area contributed by atoms with Crippen LogP contribution in [0.25, 0.3) is 0 Å². The highest BCUT2D eigenvalue weighted by Crippen LogP contribution is 2.36. The van der Waals surface area contributed by atoms with E-state index in [4.69, 9.17) is 32.7 Å². The number of Topliss-reactive ketones (excluding diaryl/α,β-unsaturated/α-hetero) is 1. The molecule has 132 valence electrons. The van der Waals surface area contributed by atoms with Crippen molar-refractivity contribution in [2.24, 2.45) is 5.92 Å². The van der Waals surface area contributed by atoms with E-state index in [-0.39, 0.29) is 23.3 Å². The third-order valence-electron chi connectivity index (χ3n) is 3.55. The Balaban J connectivity index is 3.31. The molecule has 0 aromatic heterocycles. The van der Waals surface area contributed by atoms with Gasteiger partial charge >= 0.3 is 11.9 Å². The number of ether oxygens (including phenoxy) is 2. The quantitative estimate of drug-likeness (QED) is 0.538. The second kappa shape index (κ2) is 8.49. The molecule has 0 aliphatic heterocycles. The zero-order valence-corrected chi connectivity index (χ0v) is 15.5. The molecule has 1 aromatic rings. The standard InChI is InChI=1S/C17H20Cl2O5/c1-5-23-15(21)12(16(22)24-6-2)14(20)17(3,4)10-8-7-9-11(18)13(10)19/h7-9,12H,5-6H2,1-4H3. The molecule has 1 aromatic carbocycles. The SMILES string of the molecule is CCOC(=O)C(C(=O)OCC)C(=O)C(C)(C)c1cccc(Cl)c1Cl. The summed E-state index contributed by atoms with van der Waals surface area (Å²) in [6.07, 6.45) is 0. The van der Waals surface area contributed by atoms with E-state index in [0.717, 1.165) is 0 Å². The number of benzene rings is 1. The van der Waals surface area contributed by atoms with E-state index in [1.807, 2.05) is 0 Å². The van der Waals surface area contributed by atoms with E-state index in [2.05, 4.69) is 0 Å². The van der Waals surface area contributed by atoms with E-state index in [1.54, 1.807) is 45.9 Å². The zero-order chi connectivity index (χ0) is 18.5. The minimum absolute atomic E-state index is 0.0420. The molecule has 0 heterocycles. The third-order valence-corrected chi connectivity index (χ3v) is 4.37. The number of carbonyl (C=O) groups is 3. The second-order valence-electron chi connectivity index (χ2n) is 5.53. The Labute approximate surface area is 151 Å². The average Bonchev–Trinajstić information content (AvgIpc) is 2.50. The molecule has 0 saturated heterocycles. The van der Waals surface area contributed by atoms with Crippen LogP contribution in [0.4, 0.5) is 0 Å². The maximum Gasteiger partial charge on any atom is 0.328 e. The van der Waals surface area contributed by atoms with Gasteiger partial charge in [0.05, 0.1) is 28.7 Å². The Hall–Kier alpha value is -1.59. The molecule has 7 heteroatoms. The Morgan fingerprint density at radius 2 is 1.54 bits per heavy atom. The summed E-state index contributed by atoms with van der Waals surface area (Å²) in [5.41, 5.74) is -0.827. The molecule has 0 aliphatic rings. The van der Waals surface area contributed by atoms with Gasteiger partial charge in [-0.1, -0.05) is 35.3 Å². The minimum Gasteiger partial charge on any atom is -0.465 e. The first kappa shape index (κ1) is 20.5. The largest absolute Gasteiger partial charge is 0.465 e. The predicted molar refractivity (Wildman–Crippen MR) is 91.3 cm³/mol. The van der Waals surface area contributed by atoms with Gasteiger partial charge in [0, 0.05) is 0 Å². The summed E-state index contributed by atoms with van der Waals surface area (Å²) in [5, 5.41) is 0.475. The van der Waals surface area contributed by atoms with Gasteiger partial charge in [0.15, 0.2) is 5.78 Å². The summed E-state index contributed by atoms with van der Waals surface area (Å²) < 4.78 is 9.72. The number of hydrogen-bond acceptors (Lipinski definition) is 5. The molecule has 0 unspecified atom stereocenters. The number of carbonyl (C=O) groups excluding carboxylic acids is 3. The first-order valence-electron chi connectivity index (χ1n) is 7.50. The smallest absolute Gasteiger partial charge is 0.328 e. The van der Waals surface area contributed by atoms with Crippen LogP contribution in [0.5, 0.6) is 0 Å². The lowest BCUT2D eigenvalue weighted by Gasteiger charge is -2.28. The molecule has 0 N–H and O–H groups in total. The fourth-order valence-corrected chi connectivity index (χ4v) is 2.78. The number of halogens is 2. The van der Waals surface area contributed by atoms with Gasteiger partial charge < -0.3 is 9.47 Å². The Kier molecular flexibility index (Phi) is 7.24. The van der Waals surface area contributed by atoms with Crippen LogP contribution < -0.4 is 0 Å². The van der Waals surface area contributed by atoms with Crippen molar-refractivity contribution < 1.29 is 23.9 Å². The fraction of sp³-hybridized carbons (Fsp3) is 0.471. The first-order valence-corrected chi connectivity index (χ1v) is 8.26. The van der Waals surface area contributed by atoms with Crippen LogP contribution in [0.2, 0.25) is 10.0 Å². The van der Waals surface area contributed by atoms with Crippen molar-refractivity contribution in [3.63, 3.8) is 0 Å². The Bertz CT molecular complexity index is 622. The summed E-state index contributed by atoms with van der Waals surface area (Å²) in [7, 11) is 0. The number of esters is 2. The van der Waals surface area contributed by atoms with Gasteiger partial charge in [0.1, 0.15) is 0 Å². The van der Waals surface area contributed by atoms with Crippen molar-refractivity contribution in [2.45, 2.75) is 33.1 Å². The molecule has 0 atom stereocenters. The van der Waals surface area contributed by atoms with Crippen LogP contribution in [0.1, 0.15) is 33.3 Å². The summed E-state index contributed by atoms with van der Waals surface area (Å²) in [5.74, 6) is -4.21. The number of hydrogen-bond donors (Lipinski definition) is 0.